The number of ether oxygens (including phenoxy) is 3. The fourth-order valence-corrected chi connectivity index (χ4v) is 5.14. The number of nitrogens with one attached hydrogen (secondary N) is 1. The molecule has 2 aromatic heterocycles. The second kappa shape index (κ2) is 11.7. The Bertz CT molecular complexity index is 1510. The zero-order valence-electron chi connectivity index (χ0n) is 22.1. The summed E-state index contributed by atoms with van der Waals surface area (Å²) < 4.78 is 61.4. The van der Waals surface area contributed by atoms with E-state index in [1.807, 2.05) is 6.92 Å². The highest BCUT2D eigenvalue weighted by Crippen LogP contribution is 2.36. The molecule has 206 valence electrons. The molecule has 13 heteroatoms. The molecule has 0 fully saturated rings. The number of nitrogens with zero attached hydrogens (tertiary/aromatic N) is 5. The summed E-state index contributed by atoms with van der Waals surface area (Å²) in [5.74, 6) is 0.906. The molecule has 2 atom stereocenters. The van der Waals surface area contributed by atoms with Crippen LogP contribution in [0.2, 0.25) is 0 Å². The molecule has 4 rings (SSSR count). The normalized spacial score (nSPS) is 13.1. The van der Waals surface area contributed by atoms with Crippen molar-refractivity contribution in [2.75, 3.05) is 26.1 Å². The lowest BCUT2D eigenvalue weighted by atomic mass is 10.1. The molecule has 2 heterocycles. The van der Waals surface area contributed by atoms with Crippen LogP contribution in [-0.4, -0.2) is 59.7 Å². The molecule has 1 N–H and O–H groups in total. The number of aromatic nitrogens is 5. The quantitative estimate of drug-likeness (QED) is 0.294. The van der Waals surface area contributed by atoms with Gasteiger partial charge in [-0.05, 0) is 49.2 Å². The Kier molecular flexibility index (Phi) is 8.41. The minimum atomic E-state index is -4.13. The number of para-hydroxylation sites is 1. The summed E-state index contributed by atoms with van der Waals surface area (Å²) in [6.07, 6.45) is 2.43. The lowest BCUT2D eigenvalue weighted by molar-refractivity contribution is 0.0949. The highest BCUT2D eigenvalue weighted by atomic mass is 32.2. The molecule has 0 saturated carbocycles. The number of rotatable bonds is 11. The van der Waals surface area contributed by atoms with Crippen molar-refractivity contribution in [2.24, 2.45) is 0 Å². The summed E-state index contributed by atoms with van der Waals surface area (Å²) in [4.78, 5) is 8.47. The Labute approximate surface area is 226 Å². The monoisotopic (exact) mass is 556 g/mol. The number of aryl methyl sites for hydroxylation is 1. The van der Waals surface area contributed by atoms with Crippen molar-refractivity contribution in [1.29, 1.82) is 0 Å². The Balaban J connectivity index is 1.79. The molecule has 2 aromatic carbocycles. The van der Waals surface area contributed by atoms with Gasteiger partial charge in [0.1, 0.15) is 40.2 Å². The third kappa shape index (κ3) is 5.99. The fraction of sp³-hybridized carbons (Fsp3) is 0.308. The van der Waals surface area contributed by atoms with Crippen LogP contribution in [0.1, 0.15) is 35.8 Å². The minimum absolute atomic E-state index is 0.0959. The summed E-state index contributed by atoms with van der Waals surface area (Å²) >= 11 is 0. The van der Waals surface area contributed by atoms with Crippen LogP contribution >= 0.6 is 0 Å². The number of hydrogen-bond acceptors (Lipinski definition) is 9. The van der Waals surface area contributed by atoms with Crippen molar-refractivity contribution in [1.82, 2.24) is 24.7 Å². The predicted molar refractivity (Wildman–Crippen MR) is 142 cm³/mol. The van der Waals surface area contributed by atoms with E-state index in [0.29, 0.717) is 23.0 Å². The number of anilines is 1. The molecule has 0 aliphatic rings. The Morgan fingerprint density at radius 1 is 0.974 bits per heavy atom. The lowest BCUT2D eigenvalue weighted by Crippen LogP contribution is -2.33. The van der Waals surface area contributed by atoms with E-state index in [1.54, 1.807) is 42.7 Å². The SMILES string of the molecule is COc1cccc(OC)c1-n1c(Cc2ccc(F)cc2)nnc1NS(=O)(=O)[C@@H](C)[C@H](OC)c1ncc(C)cn1. The molecule has 0 radical (unpaired) electrons. The number of halogens is 1. The van der Waals surface area contributed by atoms with Crippen LogP contribution in [0.3, 0.4) is 0 Å². The maximum absolute atomic E-state index is 13.6. The van der Waals surface area contributed by atoms with E-state index < -0.39 is 21.4 Å². The molecule has 39 heavy (non-hydrogen) atoms. The van der Waals surface area contributed by atoms with Crippen LogP contribution in [0.4, 0.5) is 10.3 Å². The molecule has 0 saturated heterocycles. The molecular formula is C26H29FN6O5S. The van der Waals surface area contributed by atoms with Crippen molar-refractivity contribution in [3.8, 4) is 17.2 Å². The number of methoxy groups -OCH3 is 3. The summed E-state index contributed by atoms with van der Waals surface area (Å²) in [6.45, 7) is 3.32. The Hall–Kier alpha value is -4.10. The number of hydrogen-bond donors (Lipinski definition) is 1. The summed E-state index contributed by atoms with van der Waals surface area (Å²) in [6, 6.07) is 11.1. The summed E-state index contributed by atoms with van der Waals surface area (Å²) in [5.41, 5.74) is 1.95. The summed E-state index contributed by atoms with van der Waals surface area (Å²) in [5, 5.41) is 7.31. The molecular weight excluding hydrogens is 527 g/mol. The predicted octanol–water partition coefficient (Wildman–Crippen LogP) is 3.63. The van der Waals surface area contributed by atoms with Gasteiger partial charge in [-0.15, -0.1) is 10.2 Å². The molecule has 11 nitrogen and oxygen atoms in total. The van der Waals surface area contributed by atoms with Gasteiger partial charge in [0.2, 0.25) is 16.0 Å². The molecule has 4 aromatic rings. The molecule has 0 amide bonds. The zero-order chi connectivity index (χ0) is 28.2. The third-order valence-corrected chi connectivity index (χ3v) is 7.78. The molecule has 0 aliphatic carbocycles. The van der Waals surface area contributed by atoms with Crippen LogP contribution < -0.4 is 14.2 Å². The largest absolute Gasteiger partial charge is 0.494 e. The molecule has 0 bridgehead atoms. The Morgan fingerprint density at radius 2 is 1.59 bits per heavy atom. The van der Waals surface area contributed by atoms with Crippen molar-refractivity contribution in [3.63, 3.8) is 0 Å². The van der Waals surface area contributed by atoms with Gasteiger partial charge in [-0.1, -0.05) is 18.2 Å². The summed E-state index contributed by atoms with van der Waals surface area (Å²) in [7, 11) is 0.235. The van der Waals surface area contributed by atoms with Gasteiger partial charge in [0, 0.05) is 25.9 Å². The van der Waals surface area contributed by atoms with Gasteiger partial charge in [0.15, 0.2) is 5.82 Å². The average molecular weight is 557 g/mol. The van der Waals surface area contributed by atoms with Crippen molar-refractivity contribution >= 4 is 16.0 Å². The van der Waals surface area contributed by atoms with Crippen molar-refractivity contribution in [2.45, 2.75) is 31.6 Å². The van der Waals surface area contributed by atoms with E-state index in [0.717, 1.165) is 11.1 Å². The molecule has 0 spiro atoms. The maximum Gasteiger partial charge on any atom is 0.243 e. The first-order chi connectivity index (χ1) is 18.7. The Morgan fingerprint density at radius 3 is 2.15 bits per heavy atom. The first-order valence-corrected chi connectivity index (χ1v) is 13.5. The highest BCUT2D eigenvalue weighted by molar-refractivity contribution is 7.93. The standard InChI is InChI=1S/C26H29FN6O5S/c1-16-14-28-25(29-15-16)24(38-5)17(2)39(34,35)32-26-31-30-22(13-18-9-11-19(27)12-10-18)33(26)23-20(36-3)7-6-8-21(23)37-4/h6-12,14-15,17,24H,13H2,1-5H3,(H,31,32)/t17-,24-/m0/s1. The van der Waals surface area contributed by atoms with Crippen molar-refractivity contribution < 1.29 is 27.0 Å². The van der Waals surface area contributed by atoms with Crippen molar-refractivity contribution in [3.05, 3.63) is 83.5 Å². The third-order valence-electron chi connectivity index (χ3n) is 6.09. The van der Waals surface area contributed by atoms with Gasteiger partial charge in [-0.2, -0.15) is 0 Å². The van der Waals surface area contributed by atoms with Gasteiger partial charge in [-0.25, -0.2) is 22.8 Å². The second-order valence-electron chi connectivity index (χ2n) is 8.72. The lowest BCUT2D eigenvalue weighted by Gasteiger charge is -2.23. The number of sulfonamides is 1. The highest BCUT2D eigenvalue weighted by Gasteiger charge is 2.35. The van der Waals surface area contributed by atoms with E-state index in [9.17, 15) is 12.8 Å². The van der Waals surface area contributed by atoms with E-state index in [4.69, 9.17) is 14.2 Å². The van der Waals surface area contributed by atoms with Crippen LogP contribution in [-0.2, 0) is 21.2 Å². The van der Waals surface area contributed by atoms with E-state index in [-0.39, 0.29) is 24.0 Å². The van der Waals surface area contributed by atoms with E-state index in [1.165, 1.54) is 45.0 Å². The number of benzene rings is 2. The minimum Gasteiger partial charge on any atom is -0.494 e. The van der Waals surface area contributed by atoms with Gasteiger partial charge >= 0.3 is 0 Å². The molecule has 0 unspecified atom stereocenters. The van der Waals surface area contributed by atoms with Crippen LogP contribution in [0, 0.1) is 12.7 Å². The van der Waals surface area contributed by atoms with Crippen LogP contribution in [0.5, 0.6) is 11.5 Å². The maximum atomic E-state index is 13.6. The zero-order valence-corrected chi connectivity index (χ0v) is 22.9. The van der Waals surface area contributed by atoms with Gasteiger partial charge in [0.25, 0.3) is 0 Å². The van der Waals surface area contributed by atoms with Crippen LogP contribution in [0.15, 0.2) is 54.9 Å². The first-order valence-electron chi connectivity index (χ1n) is 11.9. The average Bonchev–Trinajstić information content (AvgIpc) is 3.31. The van der Waals surface area contributed by atoms with Gasteiger partial charge in [-0.3, -0.25) is 9.29 Å². The van der Waals surface area contributed by atoms with Gasteiger partial charge < -0.3 is 14.2 Å². The van der Waals surface area contributed by atoms with E-state index >= 15 is 0 Å². The first kappa shape index (κ1) is 27.9. The second-order valence-corrected chi connectivity index (χ2v) is 10.8. The topological polar surface area (TPSA) is 130 Å². The van der Waals surface area contributed by atoms with Crippen LogP contribution in [0.25, 0.3) is 5.69 Å². The van der Waals surface area contributed by atoms with E-state index in [2.05, 4.69) is 24.9 Å². The van der Waals surface area contributed by atoms with Gasteiger partial charge in [0.05, 0.1) is 14.2 Å². The molecule has 0 aliphatic heterocycles. The fourth-order valence-electron chi connectivity index (χ4n) is 4.01. The smallest absolute Gasteiger partial charge is 0.243 e.